The van der Waals surface area contributed by atoms with Crippen LogP contribution in [0.25, 0.3) is 0 Å². The maximum atomic E-state index is 11.8. The zero-order chi connectivity index (χ0) is 15.8. The summed E-state index contributed by atoms with van der Waals surface area (Å²) in [5, 5.41) is 6.15. The van der Waals surface area contributed by atoms with E-state index in [1.165, 1.54) is 0 Å². The van der Waals surface area contributed by atoms with Gasteiger partial charge in [0.15, 0.2) is 0 Å². The standard InChI is InChI=1S/C15H27N5O/c1-6-8-16-13-9-14(19-12(7-2)18-13)20(5)10-15(21)17-11(3)4/h9,11H,6-8,10H2,1-5H3,(H,17,21)(H,16,18,19). The molecule has 6 heteroatoms. The lowest BCUT2D eigenvalue weighted by Crippen LogP contribution is -2.39. The molecule has 0 bridgehead atoms. The zero-order valence-electron chi connectivity index (χ0n) is 13.7. The Hall–Kier alpha value is -1.85. The fourth-order valence-electron chi connectivity index (χ4n) is 1.84. The molecule has 0 fully saturated rings. The number of rotatable bonds is 8. The number of carbonyl (C=O) groups is 1. The Kier molecular flexibility index (Phi) is 6.91. The average molecular weight is 293 g/mol. The summed E-state index contributed by atoms with van der Waals surface area (Å²) in [7, 11) is 1.87. The minimum atomic E-state index is -0.00720. The third-order valence-corrected chi connectivity index (χ3v) is 2.85. The number of anilines is 2. The van der Waals surface area contributed by atoms with Gasteiger partial charge in [0.2, 0.25) is 5.91 Å². The summed E-state index contributed by atoms with van der Waals surface area (Å²) >= 11 is 0. The van der Waals surface area contributed by atoms with E-state index in [9.17, 15) is 4.79 Å². The van der Waals surface area contributed by atoms with Gasteiger partial charge in [-0.3, -0.25) is 4.79 Å². The number of aryl methyl sites for hydroxylation is 1. The monoisotopic (exact) mass is 293 g/mol. The number of hydrogen-bond donors (Lipinski definition) is 2. The summed E-state index contributed by atoms with van der Waals surface area (Å²) in [4.78, 5) is 22.6. The van der Waals surface area contributed by atoms with Gasteiger partial charge in [-0.2, -0.15) is 0 Å². The van der Waals surface area contributed by atoms with Crippen LogP contribution < -0.4 is 15.5 Å². The summed E-state index contributed by atoms with van der Waals surface area (Å²) in [6, 6.07) is 2.03. The summed E-state index contributed by atoms with van der Waals surface area (Å²) in [6.07, 6.45) is 1.80. The maximum absolute atomic E-state index is 11.8. The highest BCUT2D eigenvalue weighted by Gasteiger charge is 2.12. The van der Waals surface area contributed by atoms with Crippen LogP contribution in [-0.4, -0.2) is 42.1 Å². The average Bonchev–Trinajstić information content (AvgIpc) is 2.43. The van der Waals surface area contributed by atoms with E-state index in [1.54, 1.807) is 0 Å². The van der Waals surface area contributed by atoms with Crippen molar-refractivity contribution in [3.05, 3.63) is 11.9 Å². The molecule has 1 amide bonds. The predicted molar refractivity (Wildman–Crippen MR) is 86.7 cm³/mol. The first-order valence-corrected chi connectivity index (χ1v) is 7.58. The Morgan fingerprint density at radius 3 is 2.62 bits per heavy atom. The van der Waals surface area contributed by atoms with Crippen LogP contribution in [0.2, 0.25) is 0 Å². The molecule has 21 heavy (non-hydrogen) atoms. The van der Waals surface area contributed by atoms with Crippen molar-refractivity contribution in [3.8, 4) is 0 Å². The van der Waals surface area contributed by atoms with Gasteiger partial charge < -0.3 is 15.5 Å². The van der Waals surface area contributed by atoms with Crippen LogP contribution in [0.5, 0.6) is 0 Å². The maximum Gasteiger partial charge on any atom is 0.239 e. The molecule has 1 aromatic rings. The molecule has 0 saturated carbocycles. The Bertz CT molecular complexity index is 461. The Morgan fingerprint density at radius 1 is 1.33 bits per heavy atom. The van der Waals surface area contributed by atoms with Gasteiger partial charge in [0.25, 0.3) is 0 Å². The molecule has 0 aliphatic rings. The molecular weight excluding hydrogens is 266 g/mol. The molecule has 0 aliphatic heterocycles. The van der Waals surface area contributed by atoms with Gasteiger partial charge in [0, 0.05) is 32.1 Å². The van der Waals surface area contributed by atoms with Crippen molar-refractivity contribution in [1.82, 2.24) is 15.3 Å². The summed E-state index contributed by atoms with van der Waals surface area (Å²) in [5.74, 6) is 2.35. The van der Waals surface area contributed by atoms with E-state index < -0.39 is 0 Å². The fourth-order valence-corrected chi connectivity index (χ4v) is 1.84. The number of hydrogen-bond acceptors (Lipinski definition) is 5. The molecule has 0 radical (unpaired) electrons. The SMILES string of the molecule is CCCNc1cc(N(C)CC(=O)NC(C)C)nc(CC)n1. The molecule has 0 aliphatic carbocycles. The minimum absolute atomic E-state index is 0.00720. The Balaban J connectivity index is 2.81. The summed E-state index contributed by atoms with van der Waals surface area (Å²) < 4.78 is 0. The summed E-state index contributed by atoms with van der Waals surface area (Å²) in [5.41, 5.74) is 0. The minimum Gasteiger partial charge on any atom is -0.370 e. The van der Waals surface area contributed by atoms with Crippen LogP contribution in [0, 0.1) is 0 Å². The second kappa shape index (κ2) is 8.44. The van der Waals surface area contributed by atoms with Gasteiger partial charge in [-0.1, -0.05) is 13.8 Å². The van der Waals surface area contributed by atoms with Crippen LogP contribution >= 0.6 is 0 Å². The van der Waals surface area contributed by atoms with Crippen LogP contribution in [0.1, 0.15) is 39.9 Å². The highest BCUT2D eigenvalue weighted by Crippen LogP contribution is 2.15. The van der Waals surface area contributed by atoms with E-state index in [1.807, 2.05) is 38.8 Å². The molecule has 0 aromatic carbocycles. The van der Waals surface area contributed by atoms with Gasteiger partial charge in [-0.15, -0.1) is 0 Å². The number of amides is 1. The van der Waals surface area contributed by atoms with E-state index >= 15 is 0 Å². The second-order valence-electron chi connectivity index (χ2n) is 5.39. The molecule has 1 heterocycles. The van der Waals surface area contributed by atoms with Crippen LogP contribution in [0.15, 0.2) is 6.07 Å². The van der Waals surface area contributed by atoms with Crippen LogP contribution in [-0.2, 0) is 11.2 Å². The molecule has 118 valence electrons. The van der Waals surface area contributed by atoms with Crippen molar-refractivity contribution in [2.75, 3.05) is 30.4 Å². The van der Waals surface area contributed by atoms with Crippen molar-refractivity contribution in [2.24, 2.45) is 0 Å². The highest BCUT2D eigenvalue weighted by molar-refractivity contribution is 5.81. The lowest BCUT2D eigenvalue weighted by molar-refractivity contribution is -0.120. The molecule has 2 N–H and O–H groups in total. The van der Waals surface area contributed by atoms with E-state index in [0.717, 1.165) is 36.8 Å². The van der Waals surface area contributed by atoms with Gasteiger partial charge in [0.05, 0.1) is 6.54 Å². The summed E-state index contributed by atoms with van der Waals surface area (Å²) in [6.45, 7) is 9.18. The van der Waals surface area contributed by atoms with Gasteiger partial charge in [-0.25, -0.2) is 9.97 Å². The number of carbonyl (C=O) groups excluding carboxylic acids is 1. The van der Waals surface area contributed by atoms with Crippen molar-refractivity contribution in [3.63, 3.8) is 0 Å². The third kappa shape index (κ3) is 5.97. The number of nitrogens with one attached hydrogen (secondary N) is 2. The molecule has 0 unspecified atom stereocenters. The molecule has 6 nitrogen and oxygen atoms in total. The smallest absolute Gasteiger partial charge is 0.239 e. The zero-order valence-corrected chi connectivity index (χ0v) is 13.7. The fraction of sp³-hybridized carbons (Fsp3) is 0.667. The molecule has 0 atom stereocenters. The molecular formula is C15H27N5O. The van der Waals surface area contributed by atoms with E-state index in [2.05, 4.69) is 27.5 Å². The highest BCUT2D eigenvalue weighted by atomic mass is 16.2. The quantitative estimate of drug-likeness (QED) is 0.765. The van der Waals surface area contributed by atoms with Crippen molar-refractivity contribution in [1.29, 1.82) is 0 Å². The molecule has 1 rings (SSSR count). The number of likely N-dealkylation sites (N-methyl/N-ethyl adjacent to an activating group) is 1. The molecule has 0 saturated heterocycles. The largest absolute Gasteiger partial charge is 0.370 e. The molecule has 0 spiro atoms. The Labute approximate surface area is 127 Å². The van der Waals surface area contributed by atoms with Crippen molar-refractivity contribution < 1.29 is 4.79 Å². The third-order valence-electron chi connectivity index (χ3n) is 2.85. The normalized spacial score (nSPS) is 10.6. The first-order valence-electron chi connectivity index (χ1n) is 7.58. The lowest BCUT2D eigenvalue weighted by atomic mass is 10.3. The van der Waals surface area contributed by atoms with Crippen LogP contribution in [0.3, 0.4) is 0 Å². The second-order valence-corrected chi connectivity index (χ2v) is 5.39. The molecule has 1 aromatic heterocycles. The van der Waals surface area contributed by atoms with Gasteiger partial charge >= 0.3 is 0 Å². The first kappa shape index (κ1) is 17.2. The van der Waals surface area contributed by atoms with E-state index in [4.69, 9.17) is 0 Å². The van der Waals surface area contributed by atoms with Gasteiger partial charge in [-0.05, 0) is 20.3 Å². The van der Waals surface area contributed by atoms with E-state index in [-0.39, 0.29) is 18.5 Å². The lowest BCUT2D eigenvalue weighted by Gasteiger charge is -2.20. The first-order chi connectivity index (χ1) is 9.96. The van der Waals surface area contributed by atoms with Crippen molar-refractivity contribution in [2.45, 2.75) is 46.6 Å². The number of nitrogens with zero attached hydrogens (tertiary/aromatic N) is 3. The van der Waals surface area contributed by atoms with Gasteiger partial charge in [0.1, 0.15) is 17.5 Å². The topological polar surface area (TPSA) is 70.2 Å². The van der Waals surface area contributed by atoms with Crippen LogP contribution in [0.4, 0.5) is 11.6 Å². The van der Waals surface area contributed by atoms with Crippen molar-refractivity contribution >= 4 is 17.5 Å². The number of aromatic nitrogens is 2. The van der Waals surface area contributed by atoms with E-state index in [0.29, 0.717) is 0 Å². The predicted octanol–water partition coefficient (Wildman–Crippen LogP) is 1.82. The Morgan fingerprint density at radius 2 is 2.05 bits per heavy atom.